The van der Waals surface area contributed by atoms with Gasteiger partial charge >= 0.3 is 0 Å². The highest BCUT2D eigenvalue weighted by Crippen LogP contribution is 2.21. The molecule has 0 heterocycles. The number of sulfonamides is 1. The molecule has 2 aromatic rings. The maximum Gasteiger partial charge on any atom is 0.260 e. The lowest BCUT2D eigenvalue weighted by molar-refractivity contribution is -0.119. The van der Waals surface area contributed by atoms with Crippen LogP contribution >= 0.6 is 31.9 Å². The first-order chi connectivity index (χ1) is 11.8. The van der Waals surface area contributed by atoms with E-state index in [2.05, 4.69) is 42.4 Å². The van der Waals surface area contributed by atoms with Gasteiger partial charge < -0.3 is 0 Å². The summed E-state index contributed by atoms with van der Waals surface area (Å²) < 4.78 is 26.6. The van der Waals surface area contributed by atoms with Crippen molar-refractivity contribution < 1.29 is 13.2 Å². The Hall–Kier alpha value is -1.71. The predicted molar refractivity (Wildman–Crippen MR) is 106 cm³/mol. The van der Waals surface area contributed by atoms with Crippen molar-refractivity contribution in [3.05, 3.63) is 63.0 Å². The number of carbonyl (C=O) groups is 1. The van der Waals surface area contributed by atoms with Gasteiger partial charge in [0.25, 0.3) is 5.91 Å². The van der Waals surface area contributed by atoms with Gasteiger partial charge in [-0.3, -0.25) is 9.10 Å². The summed E-state index contributed by atoms with van der Waals surface area (Å²) in [5.41, 5.74) is 3.51. The standard InChI is InChI=1S/C16H15Br2N3O3S/c1-25(23,24)21(14-7-4-6-13(17)9-14)11-16(22)20-19-10-12-5-2-3-8-15(12)18/h2-10H,11H2,1H3,(H,20,22)/b19-10-. The minimum absolute atomic E-state index is 0.372. The lowest BCUT2D eigenvalue weighted by Gasteiger charge is -2.21. The van der Waals surface area contributed by atoms with Gasteiger partial charge in [0.05, 0.1) is 18.2 Å². The van der Waals surface area contributed by atoms with Crippen LogP contribution in [-0.4, -0.2) is 33.3 Å². The second-order valence-corrected chi connectivity index (χ2v) is 8.74. The maximum atomic E-state index is 12.1. The number of benzene rings is 2. The van der Waals surface area contributed by atoms with E-state index in [4.69, 9.17) is 0 Å². The number of hydrogen-bond donors (Lipinski definition) is 1. The molecule has 0 aliphatic rings. The number of nitrogens with one attached hydrogen (secondary N) is 1. The number of nitrogens with zero attached hydrogens (tertiary/aromatic N) is 2. The van der Waals surface area contributed by atoms with Crippen molar-refractivity contribution in [3.8, 4) is 0 Å². The van der Waals surface area contributed by atoms with E-state index in [0.717, 1.165) is 20.6 Å². The van der Waals surface area contributed by atoms with Crippen LogP contribution in [0.1, 0.15) is 5.56 Å². The van der Waals surface area contributed by atoms with E-state index in [0.29, 0.717) is 10.2 Å². The molecular formula is C16H15Br2N3O3S. The number of carbonyl (C=O) groups excluding carboxylic acids is 1. The van der Waals surface area contributed by atoms with Gasteiger partial charge in [-0.1, -0.05) is 56.1 Å². The van der Waals surface area contributed by atoms with Crippen LogP contribution < -0.4 is 9.73 Å². The van der Waals surface area contributed by atoms with Gasteiger partial charge in [0.2, 0.25) is 10.0 Å². The fraction of sp³-hybridized carbons (Fsp3) is 0.125. The predicted octanol–water partition coefficient (Wildman–Crippen LogP) is 3.13. The van der Waals surface area contributed by atoms with Gasteiger partial charge in [-0.15, -0.1) is 0 Å². The first-order valence-corrected chi connectivity index (χ1v) is 10.5. The lowest BCUT2D eigenvalue weighted by atomic mass is 10.2. The molecule has 0 spiro atoms. The third-order valence-corrected chi connectivity index (χ3v) is 5.44. The summed E-state index contributed by atoms with van der Waals surface area (Å²) in [6.07, 6.45) is 2.53. The zero-order valence-corrected chi connectivity index (χ0v) is 17.2. The number of hydrazone groups is 1. The molecule has 132 valence electrons. The van der Waals surface area contributed by atoms with Crippen molar-refractivity contribution in [2.45, 2.75) is 0 Å². The maximum absolute atomic E-state index is 12.1. The number of rotatable bonds is 6. The Morgan fingerprint density at radius 3 is 2.56 bits per heavy atom. The van der Waals surface area contributed by atoms with E-state index in [1.807, 2.05) is 24.3 Å². The Kier molecular flexibility index (Phi) is 6.74. The molecule has 25 heavy (non-hydrogen) atoms. The Labute approximate surface area is 163 Å². The molecule has 0 unspecified atom stereocenters. The van der Waals surface area contributed by atoms with Crippen molar-refractivity contribution in [1.29, 1.82) is 0 Å². The normalized spacial score (nSPS) is 11.5. The molecule has 6 nitrogen and oxygen atoms in total. The smallest absolute Gasteiger partial charge is 0.260 e. The van der Waals surface area contributed by atoms with Crippen LogP contribution in [0.15, 0.2) is 62.6 Å². The number of halogens is 2. The third kappa shape index (κ3) is 5.94. The van der Waals surface area contributed by atoms with E-state index >= 15 is 0 Å². The van der Waals surface area contributed by atoms with Gasteiger partial charge in [0.1, 0.15) is 6.54 Å². The molecule has 0 saturated heterocycles. The Bertz CT molecular complexity index is 901. The highest BCUT2D eigenvalue weighted by Gasteiger charge is 2.20. The Morgan fingerprint density at radius 2 is 1.92 bits per heavy atom. The summed E-state index contributed by atoms with van der Waals surface area (Å²) in [5.74, 6) is -0.547. The van der Waals surface area contributed by atoms with Crippen molar-refractivity contribution in [2.75, 3.05) is 17.1 Å². The number of amides is 1. The first kappa shape index (κ1) is 19.6. The summed E-state index contributed by atoms with van der Waals surface area (Å²) in [5, 5.41) is 3.86. The summed E-state index contributed by atoms with van der Waals surface area (Å²) in [4.78, 5) is 12.1. The van der Waals surface area contributed by atoms with Crippen LogP contribution in [0.2, 0.25) is 0 Å². The molecule has 0 saturated carbocycles. The van der Waals surface area contributed by atoms with Crippen LogP contribution in [0.4, 0.5) is 5.69 Å². The summed E-state index contributed by atoms with van der Waals surface area (Å²) in [7, 11) is -3.62. The van der Waals surface area contributed by atoms with Gasteiger partial charge in [0, 0.05) is 14.5 Å². The molecule has 0 aromatic heterocycles. The van der Waals surface area contributed by atoms with Gasteiger partial charge in [-0.25, -0.2) is 13.8 Å². The van der Waals surface area contributed by atoms with Crippen molar-refractivity contribution in [2.24, 2.45) is 5.10 Å². The van der Waals surface area contributed by atoms with Gasteiger partial charge in [0.15, 0.2) is 0 Å². The van der Waals surface area contributed by atoms with Crippen LogP contribution in [0, 0.1) is 0 Å². The summed E-state index contributed by atoms with van der Waals surface area (Å²) in [6, 6.07) is 14.1. The molecule has 9 heteroatoms. The monoisotopic (exact) mass is 487 g/mol. The molecule has 0 aliphatic carbocycles. The largest absolute Gasteiger partial charge is 0.271 e. The second-order valence-electron chi connectivity index (χ2n) is 5.06. The van der Waals surface area contributed by atoms with E-state index < -0.39 is 15.9 Å². The molecule has 2 rings (SSSR count). The zero-order valence-electron chi connectivity index (χ0n) is 13.2. The SMILES string of the molecule is CS(=O)(=O)N(CC(=O)N/N=C\c1ccccc1Br)c1cccc(Br)c1. The molecule has 0 aliphatic heterocycles. The zero-order chi connectivity index (χ0) is 18.4. The van der Waals surface area contributed by atoms with Crippen molar-refractivity contribution >= 4 is 59.7 Å². The molecule has 1 amide bonds. The number of anilines is 1. The molecular weight excluding hydrogens is 474 g/mol. The average molecular weight is 489 g/mol. The quantitative estimate of drug-likeness (QED) is 0.501. The highest BCUT2D eigenvalue weighted by molar-refractivity contribution is 9.10. The van der Waals surface area contributed by atoms with E-state index in [1.165, 1.54) is 6.21 Å². The van der Waals surface area contributed by atoms with Gasteiger partial charge in [-0.2, -0.15) is 5.10 Å². The molecule has 2 aromatic carbocycles. The first-order valence-electron chi connectivity index (χ1n) is 7.07. The molecule has 0 fully saturated rings. The highest BCUT2D eigenvalue weighted by atomic mass is 79.9. The number of hydrogen-bond acceptors (Lipinski definition) is 4. The summed E-state index contributed by atoms with van der Waals surface area (Å²) >= 11 is 6.66. The molecule has 1 N–H and O–H groups in total. The van der Waals surface area contributed by atoms with Crippen LogP contribution in [0.25, 0.3) is 0 Å². The molecule has 0 radical (unpaired) electrons. The minimum atomic E-state index is -3.62. The topological polar surface area (TPSA) is 78.8 Å². The molecule has 0 atom stereocenters. The van der Waals surface area contributed by atoms with E-state index in [9.17, 15) is 13.2 Å². The van der Waals surface area contributed by atoms with Gasteiger partial charge in [-0.05, 0) is 24.3 Å². The minimum Gasteiger partial charge on any atom is -0.271 e. The van der Waals surface area contributed by atoms with E-state index in [-0.39, 0.29) is 6.54 Å². The lowest BCUT2D eigenvalue weighted by Crippen LogP contribution is -2.39. The van der Waals surface area contributed by atoms with Crippen LogP contribution in [0.3, 0.4) is 0 Å². The fourth-order valence-electron chi connectivity index (χ4n) is 1.95. The average Bonchev–Trinajstić information content (AvgIpc) is 2.53. The van der Waals surface area contributed by atoms with Crippen molar-refractivity contribution in [3.63, 3.8) is 0 Å². The Balaban J connectivity index is 2.09. The van der Waals surface area contributed by atoms with Crippen LogP contribution in [-0.2, 0) is 14.8 Å². The van der Waals surface area contributed by atoms with Crippen LogP contribution in [0.5, 0.6) is 0 Å². The van der Waals surface area contributed by atoms with E-state index in [1.54, 1.807) is 24.3 Å². The molecule has 0 bridgehead atoms. The summed E-state index contributed by atoms with van der Waals surface area (Å²) in [6.45, 7) is -0.372. The third-order valence-electron chi connectivity index (χ3n) is 3.08. The fourth-order valence-corrected chi connectivity index (χ4v) is 3.57. The van der Waals surface area contributed by atoms with Crippen molar-refractivity contribution in [1.82, 2.24) is 5.43 Å². The second kappa shape index (κ2) is 8.59. The Morgan fingerprint density at radius 1 is 1.20 bits per heavy atom.